The Bertz CT molecular complexity index is 745. The van der Waals surface area contributed by atoms with Crippen LogP contribution in [0.4, 0.5) is 5.69 Å². The van der Waals surface area contributed by atoms with Crippen LogP contribution in [0.3, 0.4) is 0 Å². The van der Waals surface area contributed by atoms with Crippen molar-refractivity contribution in [2.75, 3.05) is 17.1 Å². The number of thiophene rings is 1. The lowest BCUT2D eigenvalue weighted by atomic mass is 10.3. The predicted molar refractivity (Wildman–Crippen MR) is 89.8 cm³/mol. The number of nitrogens with zero attached hydrogens (tertiary/aromatic N) is 1. The number of anilines is 1. The van der Waals surface area contributed by atoms with Gasteiger partial charge in [0.1, 0.15) is 6.54 Å². The molecule has 1 aromatic carbocycles. The van der Waals surface area contributed by atoms with Crippen LogP contribution in [0.1, 0.15) is 4.88 Å². The predicted octanol–water partition coefficient (Wildman–Crippen LogP) is 2.48. The van der Waals surface area contributed by atoms with Crippen LogP contribution in [0.15, 0.2) is 41.8 Å². The molecular weight excluding hydrogens is 344 g/mol. The molecule has 0 aliphatic carbocycles. The summed E-state index contributed by atoms with van der Waals surface area (Å²) < 4.78 is 24.9. The molecule has 0 aliphatic rings. The van der Waals surface area contributed by atoms with E-state index in [1.165, 1.54) is 17.4 Å². The third-order valence-electron chi connectivity index (χ3n) is 2.82. The van der Waals surface area contributed by atoms with E-state index < -0.39 is 10.0 Å². The summed E-state index contributed by atoms with van der Waals surface area (Å²) in [5.74, 6) is -0.376. The number of carbonyl (C=O) groups excluding carboxylic acids is 1. The van der Waals surface area contributed by atoms with Crippen molar-refractivity contribution in [3.63, 3.8) is 0 Å². The minimum absolute atomic E-state index is 0.287. The Hall–Kier alpha value is -1.57. The van der Waals surface area contributed by atoms with Crippen LogP contribution in [0.2, 0.25) is 5.02 Å². The number of hydrogen-bond acceptors (Lipinski definition) is 4. The Labute approximate surface area is 138 Å². The maximum absolute atomic E-state index is 12.0. The van der Waals surface area contributed by atoms with Gasteiger partial charge in [0.05, 0.1) is 18.5 Å². The molecule has 0 bridgehead atoms. The molecule has 118 valence electrons. The van der Waals surface area contributed by atoms with Gasteiger partial charge in [-0.15, -0.1) is 11.3 Å². The van der Waals surface area contributed by atoms with Crippen LogP contribution >= 0.6 is 22.9 Å². The number of benzene rings is 1. The summed E-state index contributed by atoms with van der Waals surface area (Å²) >= 11 is 7.41. The van der Waals surface area contributed by atoms with Gasteiger partial charge in [-0.2, -0.15) is 0 Å². The van der Waals surface area contributed by atoms with Crippen molar-refractivity contribution in [1.29, 1.82) is 0 Å². The lowest BCUT2D eigenvalue weighted by Gasteiger charge is -2.22. The third kappa shape index (κ3) is 4.72. The molecule has 1 aromatic heterocycles. The van der Waals surface area contributed by atoms with Crippen molar-refractivity contribution in [1.82, 2.24) is 5.32 Å². The molecule has 0 radical (unpaired) electrons. The zero-order valence-electron chi connectivity index (χ0n) is 11.8. The molecule has 22 heavy (non-hydrogen) atoms. The zero-order chi connectivity index (χ0) is 16.2. The molecule has 0 aliphatic heterocycles. The second-order valence-electron chi connectivity index (χ2n) is 4.61. The second-order valence-corrected chi connectivity index (χ2v) is 7.98. The van der Waals surface area contributed by atoms with Gasteiger partial charge in [-0.3, -0.25) is 9.10 Å². The highest BCUT2D eigenvalue weighted by atomic mass is 35.5. The van der Waals surface area contributed by atoms with Gasteiger partial charge in [-0.25, -0.2) is 8.42 Å². The van der Waals surface area contributed by atoms with Gasteiger partial charge in [0.15, 0.2) is 0 Å². The van der Waals surface area contributed by atoms with E-state index in [1.54, 1.807) is 18.2 Å². The molecule has 8 heteroatoms. The molecule has 0 fully saturated rings. The van der Waals surface area contributed by atoms with Gasteiger partial charge in [-0.1, -0.05) is 23.7 Å². The number of halogens is 1. The van der Waals surface area contributed by atoms with E-state index in [2.05, 4.69) is 5.32 Å². The first kappa shape index (κ1) is 16.8. The van der Waals surface area contributed by atoms with Crippen molar-refractivity contribution in [2.24, 2.45) is 0 Å². The molecular formula is C14H15ClN2O3S2. The number of carbonyl (C=O) groups is 1. The quantitative estimate of drug-likeness (QED) is 0.862. The Kier molecular flexibility index (Phi) is 5.44. The topological polar surface area (TPSA) is 66.5 Å². The standard InChI is InChI=1S/C14H15ClN2O3S2/c1-22(19,20)17(12-5-2-4-11(15)8-12)10-14(18)16-9-13-6-3-7-21-13/h2-8H,9-10H2,1H3,(H,16,18). The van der Waals surface area contributed by atoms with Crippen molar-refractivity contribution in [2.45, 2.75) is 6.54 Å². The van der Waals surface area contributed by atoms with E-state index >= 15 is 0 Å². The average molecular weight is 359 g/mol. The summed E-state index contributed by atoms with van der Waals surface area (Å²) in [5.41, 5.74) is 0.362. The Morgan fingerprint density at radius 3 is 2.68 bits per heavy atom. The van der Waals surface area contributed by atoms with E-state index in [-0.39, 0.29) is 12.5 Å². The molecule has 0 unspecified atom stereocenters. The highest BCUT2D eigenvalue weighted by Gasteiger charge is 2.20. The molecule has 0 spiro atoms. The molecule has 1 amide bonds. The minimum atomic E-state index is -3.59. The van der Waals surface area contributed by atoms with Crippen LogP contribution in [-0.4, -0.2) is 27.1 Å². The van der Waals surface area contributed by atoms with Gasteiger partial charge in [0, 0.05) is 9.90 Å². The monoisotopic (exact) mass is 358 g/mol. The van der Waals surface area contributed by atoms with E-state index in [9.17, 15) is 13.2 Å². The highest BCUT2D eigenvalue weighted by molar-refractivity contribution is 7.92. The fourth-order valence-electron chi connectivity index (χ4n) is 1.82. The lowest BCUT2D eigenvalue weighted by molar-refractivity contribution is -0.119. The van der Waals surface area contributed by atoms with E-state index in [1.807, 2.05) is 17.5 Å². The number of nitrogens with one attached hydrogen (secondary N) is 1. The third-order valence-corrected chi connectivity index (χ3v) is 5.08. The van der Waals surface area contributed by atoms with Crippen LogP contribution in [-0.2, 0) is 21.4 Å². The fourth-order valence-corrected chi connectivity index (χ4v) is 3.49. The van der Waals surface area contributed by atoms with Crippen molar-refractivity contribution in [3.8, 4) is 0 Å². The van der Waals surface area contributed by atoms with Crippen LogP contribution in [0, 0.1) is 0 Å². The van der Waals surface area contributed by atoms with Gasteiger partial charge in [-0.05, 0) is 29.6 Å². The largest absolute Gasteiger partial charge is 0.350 e. The molecule has 0 saturated heterocycles. The normalized spacial score (nSPS) is 11.2. The SMILES string of the molecule is CS(=O)(=O)N(CC(=O)NCc1cccs1)c1cccc(Cl)c1. The van der Waals surface area contributed by atoms with Gasteiger partial charge >= 0.3 is 0 Å². The first-order valence-electron chi connectivity index (χ1n) is 6.38. The summed E-state index contributed by atoms with van der Waals surface area (Å²) in [5, 5.41) is 5.02. The van der Waals surface area contributed by atoms with E-state index in [0.29, 0.717) is 17.3 Å². The number of rotatable bonds is 6. The number of sulfonamides is 1. The molecule has 1 N–H and O–H groups in total. The molecule has 2 aromatic rings. The zero-order valence-corrected chi connectivity index (χ0v) is 14.2. The van der Waals surface area contributed by atoms with E-state index in [4.69, 9.17) is 11.6 Å². The Morgan fingerprint density at radius 1 is 1.32 bits per heavy atom. The van der Waals surface area contributed by atoms with Gasteiger partial charge in [0.2, 0.25) is 15.9 Å². The smallest absolute Gasteiger partial charge is 0.241 e. The summed E-state index contributed by atoms with van der Waals surface area (Å²) in [6.07, 6.45) is 1.06. The second kappa shape index (κ2) is 7.13. The highest BCUT2D eigenvalue weighted by Crippen LogP contribution is 2.21. The van der Waals surface area contributed by atoms with Crippen molar-refractivity contribution < 1.29 is 13.2 Å². The first-order chi connectivity index (χ1) is 10.4. The molecule has 0 atom stereocenters. The molecule has 5 nitrogen and oxygen atoms in total. The Morgan fingerprint density at radius 2 is 2.09 bits per heavy atom. The first-order valence-corrected chi connectivity index (χ1v) is 9.49. The summed E-state index contributed by atoms with van der Waals surface area (Å²) in [6.45, 7) is 0.0915. The molecule has 1 heterocycles. The molecule has 0 saturated carbocycles. The number of hydrogen-bond donors (Lipinski definition) is 1. The summed E-state index contributed by atoms with van der Waals surface area (Å²) in [7, 11) is -3.59. The maximum Gasteiger partial charge on any atom is 0.241 e. The van der Waals surface area contributed by atoms with Crippen LogP contribution in [0.5, 0.6) is 0 Å². The summed E-state index contributed by atoms with van der Waals surface area (Å²) in [4.78, 5) is 13.0. The van der Waals surface area contributed by atoms with Crippen molar-refractivity contribution in [3.05, 3.63) is 51.7 Å². The maximum atomic E-state index is 12.0. The number of amides is 1. The van der Waals surface area contributed by atoms with E-state index in [0.717, 1.165) is 15.4 Å². The Balaban J connectivity index is 2.09. The fraction of sp³-hybridized carbons (Fsp3) is 0.214. The van der Waals surface area contributed by atoms with Gasteiger partial charge < -0.3 is 5.32 Å². The van der Waals surface area contributed by atoms with Crippen LogP contribution in [0.25, 0.3) is 0 Å². The van der Waals surface area contributed by atoms with Crippen LogP contribution < -0.4 is 9.62 Å². The van der Waals surface area contributed by atoms with Crippen molar-refractivity contribution >= 4 is 44.6 Å². The lowest BCUT2D eigenvalue weighted by Crippen LogP contribution is -2.40. The summed E-state index contributed by atoms with van der Waals surface area (Å²) in [6, 6.07) is 10.2. The average Bonchev–Trinajstić information content (AvgIpc) is 2.94. The van der Waals surface area contributed by atoms with Gasteiger partial charge in [0.25, 0.3) is 0 Å². The minimum Gasteiger partial charge on any atom is -0.350 e. The molecule has 2 rings (SSSR count).